The Balaban J connectivity index is 2.26. The highest BCUT2D eigenvalue weighted by molar-refractivity contribution is 5.92. The van der Waals surface area contributed by atoms with Crippen LogP contribution in [0.2, 0.25) is 0 Å². The van der Waals surface area contributed by atoms with Gasteiger partial charge in [0.1, 0.15) is 0 Å². The van der Waals surface area contributed by atoms with E-state index in [0.717, 1.165) is 12.1 Å². The first-order valence-electron chi connectivity index (χ1n) is 7.57. The molecule has 0 bridgehead atoms. The average Bonchev–Trinajstić information content (AvgIpc) is 2.97. The van der Waals surface area contributed by atoms with E-state index in [4.69, 9.17) is 4.74 Å². The Morgan fingerprint density at radius 2 is 2.04 bits per heavy atom. The van der Waals surface area contributed by atoms with Crippen LogP contribution in [0.25, 0.3) is 0 Å². The van der Waals surface area contributed by atoms with Crippen LogP contribution in [0.15, 0.2) is 12.4 Å². The van der Waals surface area contributed by atoms with Crippen molar-refractivity contribution in [2.75, 3.05) is 39.7 Å². The number of nitrogens with zero attached hydrogens (tertiary/aromatic N) is 3. The predicted molar refractivity (Wildman–Crippen MR) is 85.1 cm³/mol. The number of carbonyl (C=O) groups excluding carboxylic acids is 2. The van der Waals surface area contributed by atoms with Crippen molar-refractivity contribution >= 4 is 17.5 Å². The second-order valence-corrected chi connectivity index (χ2v) is 5.61. The molecule has 2 heterocycles. The number of likely N-dealkylation sites (tertiary alicyclic amines) is 1. The molecule has 0 spiro atoms. The third kappa shape index (κ3) is 3.58. The summed E-state index contributed by atoms with van der Waals surface area (Å²) in [4.78, 5) is 34.6. The minimum atomic E-state index is -0.642. The van der Waals surface area contributed by atoms with Crippen molar-refractivity contribution < 1.29 is 14.3 Å². The number of rotatable bonds is 6. The van der Waals surface area contributed by atoms with Crippen LogP contribution >= 0.6 is 0 Å². The van der Waals surface area contributed by atoms with Gasteiger partial charge in [-0.1, -0.05) is 0 Å². The standard InChI is InChI=1S/C15H23N5O3/c1-16-11-8-18-13(19-9-11)14(22)20-6-4-5-15(20,10-23-3)7-12(21)17-2/h8-9,16H,4-7,10H2,1-3H3,(H,17,21)/t15-/m0/s1. The fraction of sp³-hybridized carbons (Fsp3) is 0.600. The van der Waals surface area contributed by atoms with Gasteiger partial charge >= 0.3 is 0 Å². The summed E-state index contributed by atoms with van der Waals surface area (Å²) < 4.78 is 5.30. The van der Waals surface area contributed by atoms with Gasteiger partial charge in [-0.2, -0.15) is 0 Å². The molecule has 1 aromatic heterocycles. The Hall–Kier alpha value is -2.22. The van der Waals surface area contributed by atoms with Crippen LogP contribution in [0.3, 0.4) is 0 Å². The van der Waals surface area contributed by atoms with Gasteiger partial charge in [-0.25, -0.2) is 9.97 Å². The van der Waals surface area contributed by atoms with Crippen molar-refractivity contribution in [3.05, 3.63) is 18.2 Å². The third-order valence-electron chi connectivity index (χ3n) is 4.15. The number of carbonyl (C=O) groups is 2. The molecule has 126 valence electrons. The number of aromatic nitrogens is 2. The fourth-order valence-electron chi connectivity index (χ4n) is 2.98. The SMILES string of the molecule is CNC(=O)C[C@]1(COC)CCCN1C(=O)c1ncc(NC)cn1. The topological polar surface area (TPSA) is 96.5 Å². The van der Waals surface area contributed by atoms with Crippen molar-refractivity contribution in [1.82, 2.24) is 20.2 Å². The molecule has 0 radical (unpaired) electrons. The van der Waals surface area contributed by atoms with Crippen molar-refractivity contribution in [1.29, 1.82) is 0 Å². The fourth-order valence-corrected chi connectivity index (χ4v) is 2.98. The highest BCUT2D eigenvalue weighted by Crippen LogP contribution is 2.34. The van der Waals surface area contributed by atoms with Gasteiger partial charge in [0.25, 0.3) is 5.91 Å². The maximum atomic E-state index is 12.8. The molecule has 1 aromatic rings. The molecule has 2 amide bonds. The van der Waals surface area contributed by atoms with Crippen LogP contribution in [0.5, 0.6) is 0 Å². The monoisotopic (exact) mass is 321 g/mol. The summed E-state index contributed by atoms with van der Waals surface area (Å²) in [6.45, 7) is 0.872. The zero-order valence-electron chi connectivity index (χ0n) is 13.8. The summed E-state index contributed by atoms with van der Waals surface area (Å²) in [5, 5.41) is 5.53. The summed E-state index contributed by atoms with van der Waals surface area (Å²) in [5.41, 5.74) is 0.0910. The Morgan fingerprint density at radius 3 is 2.61 bits per heavy atom. The molecule has 2 N–H and O–H groups in total. The molecule has 1 aliphatic rings. The summed E-state index contributed by atoms with van der Waals surface area (Å²) in [6.07, 6.45) is 4.87. The first-order chi connectivity index (χ1) is 11.1. The van der Waals surface area contributed by atoms with Crippen molar-refractivity contribution in [3.8, 4) is 0 Å². The first-order valence-corrected chi connectivity index (χ1v) is 7.57. The average molecular weight is 321 g/mol. The third-order valence-corrected chi connectivity index (χ3v) is 4.15. The van der Waals surface area contributed by atoms with E-state index in [2.05, 4.69) is 20.6 Å². The zero-order chi connectivity index (χ0) is 16.9. The molecular weight excluding hydrogens is 298 g/mol. The number of methoxy groups -OCH3 is 1. The van der Waals surface area contributed by atoms with Crippen LogP contribution in [0, 0.1) is 0 Å². The molecule has 8 heteroatoms. The number of hydrogen-bond acceptors (Lipinski definition) is 6. The van der Waals surface area contributed by atoms with Crippen LogP contribution in [-0.2, 0) is 9.53 Å². The van der Waals surface area contributed by atoms with Gasteiger partial charge in [-0.3, -0.25) is 9.59 Å². The Morgan fingerprint density at radius 1 is 1.35 bits per heavy atom. The molecule has 0 unspecified atom stereocenters. The molecule has 1 aliphatic heterocycles. The number of ether oxygens (including phenoxy) is 1. The molecule has 1 fully saturated rings. The number of hydrogen-bond donors (Lipinski definition) is 2. The van der Waals surface area contributed by atoms with Crippen molar-refractivity contribution in [2.24, 2.45) is 0 Å². The minimum absolute atomic E-state index is 0.117. The van der Waals surface area contributed by atoms with E-state index in [9.17, 15) is 9.59 Å². The van der Waals surface area contributed by atoms with Gasteiger partial charge in [-0.15, -0.1) is 0 Å². The van der Waals surface area contributed by atoms with Crippen LogP contribution in [0.1, 0.15) is 29.9 Å². The van der Waals surface area contributed by atoms with Gasteiger partial charge in [-0.05, 0) is 12.8 Å². The summed E-state index contributed by atoms with van der Waals surface area (Å²) in [7, 11) is 4.92. The smallest absolute Gasteiger partial charge is 0.292 e. The molecule has 23 heavy (non-hydrogen) atoms. The highest BCUT2D eigenvalue weighted by atomic mass is 16.5. The highest BCUT2D eigenvalue weighted by Gasteiger charge is 2.46. The van der Waals surface area contributed by atoms with E-state index < -0.39 is 5.54 Å². The van der Waals surface area contributed by atoms with Gasteiger partial charge in [0.05, 0.1) is 36.6 Å². The quantitative estimate of drug-likeness (QED) is 0.781. The van der Waals surface area contributed by atoms with E-state index in [-0.39, 0.29) is 24.1 Å². The lowest BCUT2D eigenvalue weighted by Gasteiger charge is -2.37. The molecule has 0 aromatic carbocycles. The van der Waals surface area contributed by atoms with Gasteiger partial charge in [0.2, 0.25) is 11.7 Å². The van der Waals surface area contributed by atoms with E-state index in [0.29, 0.717) is 19.6 Å². The lowest BCUT2D eigenvalue weighted by molar-refractivity contribution is -0.123. The second kappa shape index (κ2) is 7.36. The Kier molecular flexibility index (Phi) is 5.49. The summed E-state index contributed by atoms with van der Waals surface area (Å²) in [5.74, 6) is -0.261. The van der Waals surface area contributed by atoms with Gasteiger partial charge < -0.3 is 20.3 Å². The van der Waals surface area contributed by atoms with Crippen molar-refractivity contribution in [3.63, 3.8) is 0 Å². The van der Waals surface area contributed by atoms with Gasteiger partial charge in [0, 0.05) is 27.7 Å². The van der Waals surface area contributed by atoms with Crippen LogP contribution in [-0.4, -0.2) is 66.6 Å². The number of anilines is 1. The maximum Gasteiger partial charge on any atom is 0.292 e. The minimum Gasteiger partial charge on any atom is -0.386 e. The second-order valence-electron chi connectivity index (χ2n) is 5.61. The maximum absolute atomic E-state index is 12.8. The van der Waals surface area contributed by atoms with E-state index in [1.165, 1.54) is 0 Å². The van der Waals surface area contributed by atoms with E-state index in [1.807, 2.05) is 0 Å². The zero-order valence-corrected chi connectivity index (χ0v) is 13.8. The lowest BCUT2D eigenvalue weighted by Crippen LogP contribution is -2.53. The molecular formula is C15H23N5O3. The summed E-state index contributed by atoms with van der Waals surface area (Å²) >= 11 is 0. The lowest BCUT2D eigenvalue weighted by atomic mass is 9.92. The van der Waals surface area contributed by atoms with E-state index in [1.54, 1.807) is 38.5 Å². The Bertz CT molecular complexity index is 563. The Labute approximate surface area is 135 Å². The largest absolute Gasteiger partial charge is 0.386 e. The molecule has 0 saturated carbocycles. The molecule has 2 rings (SSSR count). The summed E-state index contributed by atoms with van der Waals surface area (Å²) in [6, 6.07) is 0. The van der Waals surface area contributed by atoms with E-state index >= 15 is 0 Å². The van der Waals surface area contributed by atoms with Gasteiger partial charge in [0.15, 0.2) is 0 Å². The van der Waals surface area contributed by atoms with Crippen LogP contribution in [0.4, 0.5) is 5.69 Å². The molecule has 8 nitrogen and oxygen atoms in total. The number of nitrogens with one attached hydrogen (secondary N) is 2. The van der Waals surface area contributed by atoms with Crippen molar-refractivity contribution in [2.45, 2.75) is 24.8 Å². The molecule has 1 atom stereocenters. The molecule has 1 saturated heterocycles. The predicted octanol–water partition coefficient (Wildman–Crippen LogP) is 0.276. The molecule has 0 aliphatic carbocycles. The normalized spacial score (nSPS) is 20.4. The van der Waals surface area contributed by atoms with Crippen LogP contribution < -0.4 is 10.6 Å². The first kappa shape index (κ1) is 17.1. The number of amides is 2.